The van der Waals surface area contributed by atoms with Crippen LogP contribution in [0.2, 0.25) is 0 Å². The second-order valence-electron chi connectivity index (χ2n) is 8.45. The molecule has 1 aliphatic heterocycles. The maximum atomic E-state index is 11.4. The van der Waals surface area contributed by atoms with Gasteiger partial charge in [0.2, 0.25) is 5.91 Å². The number of esters is 1. The topological polar surface area (TPSA) is 170 Å². The van der Waals surface area contributed by atoms with E-state index in [0.29, 0.717) is 31.4 Å². The second kappa shape index (κ2) is 28.8. The summed E-state index contributed by atoms with van der Waals surface area (Å²) in [6, 6.07) is 0. The summed E-state index contributed by atoms with van der Waals surface area (Å²) in [5.74, 6) is -1.96. The van der Waals surface area contributed by atoms with Crippen LogP contribution in [0.4, 0.5) is 0 Å². The highest BCUT2D eigenvalue weighted by Crippen LogP contribution is 2.16. The van der Waals surface area contributed by atoms with Gasteiger partial charge in [0, 0.05) is 31.3 Å². The molecule has 1 aliphatic rings. The third-order valence-electron chi connectivity index (χ3n) is 4.97. The minimum absolute atomic E-state index is 0.0249. The van der Waals surface area contributed by atoms with E-state index in [4.69, 9.17) is 25.4 Å². The van der Waals surface area contributed by atoms with Crippen LogP contribution in [0.15, 0.2) is 23.9 Å². The fourth-order valence-corrected chi connectivity index (χ4v) is 2.70. The Bertz CT molecular complexity index is 674. The number of hydrogen-bond acceptors (Lipinski definition) is 6. The number of primary amides is 1. The minimum Gasteiger partial charge on any atom is -0.481 e. The number of carbonyl (C=O) groups excluding carboxylic acids is 2. The lowest BCUT2D eigenvalue weighted by Gasteiger charge is -2.11. The number of carbonyl (C=O) groups is 4. The highest BCUT2D eigenvalue weighted by Gasteiger charge is 2.28. The van der Waals surface area contributed by atoms with Crippen molar-refractivity contribution in [1.29, 1.82) is 0 Å². The van der Waals surface area contributed by atoms with Gasteiger partial charge in [0.1, 0.15) is 6.61 Å². The van der Waals surface area contributed by atoms with E-state index in [1.165, 1.54) is 0 Å². The average Bonchev–Trinajstić information content (AvgIpc) is 3.35. The fraction of sp³-hybridized carbons (Fsp3) is 0.714. The van der Waals surface area contributed by atoms with Gasteiger partial charge in [0.15, 0.2) is 6.23 Å². The van der Waals surface area contributed by atoms with Gasteiger partial charge < -0.3 is 25.4 Å². The van der Waals surface area contributed by atoms with Crippen LogP contribution >= 0.6 is 0 Å². The number of carboxylic acids is 2. The van der Waals surface area contributed by atoms with Crippen LogP contribution in [0.5, 0.6) is 0 Å². The first-order valence-electron chi connectivity index (χ1n) is 13.8. The summed E-state index contributed by atoms with van der Waals surface area (Å²) in [6.45, 7) is 12.0. The summed E-state index contributed by atoms with van der Waals surface area (Å²) in [5, 5.41) is 18.0. The number of carboxylic acid groups (broad SMARTS) is 2. The highest BCUT2D eigenvalue weighted by molar-refractivity contribution is 5.91. The number of nitrogens with two attached hydrogens (primary N) is 2. The third-order valence-corrected chi connectivity index (χ3v) is 4.97. The molecule has 0 spiro atoms. The van der Waals surface area contributed by atoms with Crippen molar-refractivity contribution in [3.63, 3.8) is 0 Å². The summed E-state index contributed by atoms with van der Waals surface area (Å²) in [7, 11) is 0. The van der Waals surface area contributed by atoms with Crippen molar-refractivity contribution in [2.45, 2.75) is 125 Å². The Kier molecular flexibility index (Phi) is 30.2. The summed E-state index contributed by atoms with van der Waals surface area (Å²) < 4.78 is 11.0. The molecule has 0 bridgehead atoms. The number of quaternary nitrogens is 1. The Morgan fingerprint density at radius 1 is 0.921 bits per heavy atom. The smallest absolute Gasteiger partial charge is 0.305 e. The predicted molar refractivity (Wildman–Crippen MR) is 148 cm³/mol. The lowest BCUT2D eigenvalue weighted by atomic mass is 10.2. The molecule has 38 heavy (non-hydrogen) atoms. The molecule has 1 heterocycles. The van der Waals surface area contributed by atoms with E-state index in [1.54, 1.807) is 19.1 Å². The van der Waals surface area contributed by atoms with Crippen molar-refractivity contribution in [2.75, 3.05) is 6.61 Å². The van der Waals surface area contributed by atoms with Gasteiger partial charge in [-0.25, -0.2) is 0 Å². The Balaban J connectivity index is -0.000000626. The van der Waals surface area contributed by atoms with Gasteiger partial charge in [0.05, 0.1) is 12.3 Å². The summed E-state index contributed by atoms with van der Waals surface area (Å²) >= 11 is 0. The summed E-state index contributed by atoms with van der Waals surface area (Å²) in [5.41, 5.74) is 5.64. The number of aliphatic carboxylic acids is 2. The molecule has 1 rings (SSSR count). The van der Waals surface area contributed by atoms with Crippen LogP contribution < -0.4 is 11.1 Å². The molecule has 10 nitrogen and oxygen atoms in total. The van der Waals surface area contributed by atoms with Gasteiger partial charge in [0.25, 0.3) is 0 Å². The molecule has 1 saturated heterocycles. The number of rotatable bonds is 15. The lowest BCUT2D eigenvalue weighted by Crippen LogP contribution is -2.84. The first kappa shape index (κ1) is 39.8. The zero-order chi connectivity index (χ0) is 29.8. The molecule has 0 radical (unpaired) electrons. The molecule has 0 aromatic heterocycles. The van der Waals surface area contributed by atoms with Crippen LogP contribution in [0, 0.1) is 0 Å². The quantitative estimate of drug-likeness (QED) is 0.134. The van der Waals surface area contributed by atoms with Crippen LogP contribution in [0.25, 0.3) is 0 Å². The van der Waals surface area contributed by atoms with Crippen LogP contribution in [-0.2, 0) is 28.7 Å². The largest absolute Gasteiger partial charge is 0.481 e. The Hall–Kier alpha value is -2.72. The molecule has 0 aromatic carbocycles. The highest BCUT2D eigenvalue weighted by atomic mass is 16.6. The monoisotopic (exact) mass is 545 g/mol. The van der Waals surface area contributed by atoms with Crippen molar-refractivity contribution in [3.8, 4) is 0 Å². The zero-order valence-electron chi connectivity index (χ0n) is 24.4. The van der Waals surface area contributed by atoms with Crippen molar-refractivity contribution >= 4 is 23.8 Å². The van der Waals surface area contributed by atoms with Crippen molar-refractivity contribution < 1.29 is 44.2 Å². The van der Waals surface area contributed by atoms with Crippen LogP contribution in [-0.4, -0.2) is 53.0 Å². The normalized spacial score (nSPS) is 16.2. The molecule has 0 aliphatic carbocycles. The van der Waals surface area contributed by atoms with Crippen molar-refractivity contribution in [1.82, 2.24) is 0 Å². The van der Waals surface area contributed by atoms with E-state index in [9.17, 15) is 19.2 Å². The van der Waals surface area contributed by atoms with E-state index in [1.807, 2.05) is 46.1 Å². The Morgan fingerprint density at radius 3 is 1.84 bits per heavy atom. The number of hydrogen-bond donors (Lipinski definition) is 4. The number of amides is 1. The standard InChI is InChI=1S/C16H26N2O4.2C5H10O2.C2H6/c1-3-4-7-15(19)21-11-13-8-9-14(22-13)18-10-5-6-12(2)16(17)20;2*1-2-3-4-5(6)7;1-2/h5-6,10,13-14,18H,3-4,7-9,11H2,1-2H3,(H2,17,20);2*2-4H2,1H3,(H,6,7);1-2H3/p+1/b10-5-,12-6+;;;/t13-,14+;;;/m0.../s1. The molecule has 2 atom stereocenters. The number of unbranched alkanes of at least 4 members (excludes halogenated alkanes) is 3. The van der Waals surface area contributed by atoms with Crippen LogP contribution in [0.1, 0.15) is 112 Å². The van der Waals surface area contributed by atoms with Gasteiger partial charge in [-0.2, -0.15) is 0 Å². The molecule has 1 amide bonds. The maximum Gasteiger partial charge on any atom is 0.305 e. The summed E-state index contributed by atoms with van der Waals surface area (Å²) in [6.07, 6.45) is 13.6. The first-order valence-corrected chi connectivity index (χ1v) is 13.8. The molecule has 10 heteroatoms. The molecule has 222 valence electrons. The predicted octanol–water partition coefficient (Wildman–Crippen LogP) is 4.28. The Morgan fingerprint density at radius 2 is 1.42 bits per heavy atom. The molecule has 6 N–H and O–H groups in total. The molecular weight excluding hydrogens is 492 g/mol. The van der Waals surface area contributed by atoms with Gasteiger partial charge in [-0.1, -0.05) is 53.9 Å². The Labute approximate surface area is 229 Å². The van der Waals surface area contributed by atoms with Crippen molar-refractivity contribution in [3.05, 3.63) is 23.9 Å². The fourth-order valence-electron chi connectivity index (χ4n) is 2.70. The average molecular weight is 546 g/mol. The van der Waals surface area contributed by atoms with Gasteiger partial charge in [-0.3, -0.25) is 24.5 Å². The molecule has 1 fully saturated rings. The van der Waals surface area contributed by atoms with E-state index >= 15 is 0 Å². The van der Waals surface area contributed by atoms with Gasteiger partial charge >= 0.3 is 17.9 Å². The maximum absolute atomic E-state index is 11.4. The molecular formula is C28H53N2O8+. The molecule has 0 saturated carbocycles. The molecule has 0 unspecified atom stereocenters. The van der Waals surface area contributed by atoms with E-state index < -0.39 is 17.8 Å². The zero-order valence-corrected chi connectivity index (χ0v) is 24.4. The first-order chi connectivity index (χ1) is 18.1. The van der Waals surface area contributed by atoms with E-state index in [2.05, 4.69) is 0 Å². The number of allylic oxidation sites excluding steroid dienone is 2. The minimum atomic E-state index is -0.693. The van der Waals surface area contributed by atoms with E-state index in [-0.39, 0.29) is 18.3 Å². The lowest BCUT2D eigenvalue weighted by molar-refractivity contribution is -0.667. The molecule has 0 aromatic rings. The number of ether oxygens (including phenoxy) is 2. The van der Waals surface area contributed by atoms with E-state index in [0.717, 1.165) is 51.4 Å². The van der Waals surface area contributed by atoms with Crippen LogP contribution in [0.3, 0.4) is 0 Å². The van der Waals surface area contributed by atoms with Crippen molar-refractivity contribution in [2.24, 2.45) is 5.73 Å². The van der Waals surface area contributed by atoms with Gasteiger partial charge in [-0.05, 0) is 44.8 Å². The SMILES string of the molecule is CC.CCCCC(=O)O.CCCCC(=O)O.CCCCC(=O)OC[C@@H]1CC[C@H]([NH2+]/C=C\C=C(/C)C(N)=O)O1. The second-order valence-corrected chi connectivity index (χ2v) is 8.45. The van der Waals surface area contributed by atoms with Gasteiger partial charge in [-0.15, -0.1) is 0 Å². The summed E-state index contributed by atoms with van der Waals surface area (Å²) in [4.78, 5) is 41.8. The third kappa shape index (κ3) is 29.5.